The number of rotatable bonds is 8. The molecule has 0 saturated heterocycles. The molecule has 0 spiro atoms. The van der Waals surface area contributed by atoms with Gasteiger partial charge >= 0.3 is 6.18 Å². The van der Waals surface area contributed by atoms with Crippen LogP contribution in [0.25, 0.3) is 0 Å². The van der Waals surface area contributed by atoms with Crippen LogP contribution < -0.4 is 16.0 Å². The number of ether oxygens (including phenoxy) is 2. The van der Waals surface area contributed by atoms with Crippen LogP contribution in [0.1, 0.15) is 31.9 Å². The molecule has 3 N–H and O–H groups in total. The molecule has 0 heterocycles. The molecule has 0 aromatic heterocycles. The van der Waals surface area contributed by atoms with E-state index in [-0.39, 0.29) is 18.8 Å². The number of alkyl halides is 3. The van der Waals surface area contributed by atoms with E-state index >= 15 is 0 Å². The lowest BCUT2D eigenvalue weighted by Gasteiger charge is -2.21. The summed E-state index contributed by atoms with van der Waals surface area (Å²) in [6.45, 7) is 2.49. The zero-order valence-electron chi connectivity index (χ0n) is 12.1. The van der Waals surface area contributed by atoms with E-state index in [0.717, 1.165) is 5.56 Å². The van der Waals surface area contributed by atoms with Crippen LogP contribution in [0.4, 0.5) is 13.2 Å². The fraction of sp³-hybridized carbons (Fsp3) is 0.571. The van der Waals surface area contributed by atoms with Gasteiger partial charge in [-0.25, -0.2) is 0 Å². The number of hydrazine groups is 1. The van der Waals surface area contributed by atoms with Gasteiger partial charge in [-0.2, -0.15) is 13.2 Å². The molecule has 7 heteroatoms. The maximum Gasteiger partial charge on any atom is 0.411 e. The van der Waals surface area contributed by atoms with Gasteiger partial charge in [0, 0.05) is 12.2 Å². The molecule has 1 atom stereocenters. The number of nitrogens with two attached hydrogens (primary N) is 1. The average Bonchev–Trinajstić information content (AvgIpc) is 2.38. The Morgan fingerprint density at radius 1 is 1.24 bits per heavy atom. The number of para-hydroxylation sites is 1. The maximum atomic E-state index is 12.0. The fourth-order valence-corrected chi connectivity index (χ4v) is 1.85. The number of hydrogen-bond donors (Lipinski definition) is 2. The van der Waals surface area contributed by atoms with Crippen molar-refractivity contribution in [2.75, 3.05) is 13.2 Å². The Balaban J connectivity index is 2.63. The van der Waals surface area contributed by atoms with Crippen molar-refractivity contribution in [1.82, 2.24) is 5.43 Å². The summed E-state index contributed by atoms with van der Waals surface area (Å²) < 4.78 is 46.3. The fourth-order valence-electron chi connectivity index (χ4n) is 1.85. The van der Waals surface area contributed by atoms with Crippen LogP contribution in [-0.2, 0) is 4.74 Å². The van der Waals surface area contributed by atoms with Crippen molar-refractivity contribution < 1.29 is 22.6 Å². The topological polar surface area (TPSA) is 56.5 Å². The Morgan fingerprint density at radius 3 is 2.48 bits per heavy atom. The Bertz CT molecular complexity index is 425. The van der Waals surface area contributed by atoms with Crippen LogP contribution in [0.2, 0.25) is 0 Å². The zero-order valence-corrected chi connectivity index (χ0v) is 12.1. The summed E-state index contributed by atoms with van der Waals surface area (Å²) in [4.78, 5) is 0. The van der Waals surface area contributed by atoms with Crippen LogP contribution in [0.15, 0.2) is 24.3 Å². The SMILES string of the molecule is CC(C)Oc1ccccc1C(CCOCC(F)(F)F)NN. The molecule has 1 unspecified atom stereocenters. The van der Waals surface area contributed by atoms with Gasteiger partial charge in [-0.15, -0.1) is 0 Å². The quantitative estimate of drug-likeness (QED) is 0.440. The predicted molar refractivity (Wildman–Crippen MR) is 73.8 cm³/mol. The number of hydrogen-bond acceptors (Lipinski definition) is 4. The van der Waals surface area contributed by atoms with Gasteiger partial charge in [-0.1, -0.05) is 18.2 Å². The van der Waals surface area contributed by atoms with Gasteiger partial charge in [-0.05, 0) is 26.3 Å². The molecule has 1 aromatic rings. The summed E-state index contributed by atoms with van der Waals surface area (Å²) in [5.74, 6) is 6.15. The minimum atomic E-state index is -4.32. The first kappa shape index (κ1) is 17.7. The molecular weight excluding hydrogens is 285 g/mol. The summed E-state index contributed by atoms with van der Waals surface area (Å²) in [6, 6.07) is 6.94. The largest absolute Gasteiger partial charge is 0.491 e. The highest BCUT2D eigenvalue weighted by Crippen LogP contribution is 2.27. The minimum Gasteiger partial charge on any atom is -0.491 e. The highest BCUT2D eigenvalue weighted by atomic mass is 19.4. The van der Waals surface area contributed by atoms with Gasteiger partial charge in [0.05, 0.1) is 12.1 Å². The average molecular weight is 306 g/mol. The van der Waals surface area contributed by atoms with Crippen molar-refractivity contribution >= 4 is 0 Å². The van der Waals surface area contributed by atoms with E-state index in [4.69, 9.17) is 10.6 Å². The third-order valence-electron chi connectivity index (χ3n) is 2.67. The molecule has 1 aromatic carbocycles. The normalized spacial score (nSPS) is 13.5. The zero-order chi connectivity index (χ0) is 15.9. The van der Waals surface area contributed by atoms with Gasteiger partial charge < -0.3 is 9.47 Å². The second kappa shape index (κ2) is 8.21. The molecule has 0 aliphatic heterocycles. The monoisotopic (exact) mass is 306 g/mol. The standard InChI is InChI=1S/C14H21F3N2O2/c1-10(2)21-13-6-4-3-5-11(13)12(19-18)7-8-20-9-14(15,16)17/h3-6,10,12,19H,7-9,18H2,1-2H3. The van der Waals surface area contributed by atoms with Crippen molar-refractivity contribution in [3.63, 3.8) is 0 Å². The molecule has 4 nitrogen and oxygen atoms in total. The molecule has 21 heavy (non-hydrogen) atoms. The van der Waals surface area contributed by atoms with E-state index in [9.17, 15) is 13.2 Å². The Hall–Kier alpha value is -1.31. The lowest BCUT2D eigenvalue weighted by molar-refractivity contribution is -0.174. The summed E-state index contributed by atoms with van der Waals surface area (Å²) >= 11 is 0. The molecule has 0 bridgehead atoms. The van der Waals surface area contributed by atoms with Gasteiger partial charge in [-0.3, -0.25) is 11.3 Å². The van der Waals surface area contributed by atoms with Gasteiger partial charge in [0.1, 0.15) is 12.4 Å². The molecule has 120 valence electrons. The van der Waals surface area contributed by atoms with E-state index in [1.165, 1.54) is 0 Å². The lowest BCUT2D eigenvalue weighted by atomic mass is 10.0. The molecule has 0 fully saturated rings. The highest BCUT2D eigenvalue weighted by Gasteiger charge is 2.27. The molecular formula is C14H21F3N2O2. The third-order valence-corrected chi connectivity index (χ3v) is 2.67. The first-order valence-electron chi connectivity index (χ1n) is 6.69. The van der Waals surface area contributed by atoms with Gasteiger partial charge in [0.15, 0.2) is 0 Å². The van der Waals surface area contributed by atoms with E-state index in [0.29, 0.717) is 12.2 Å². The smallest absolute Gasteiger partial charge is 0.411 e. The van der Waals surface area contributed by atoms with Crippen LogP contribution in [-0.4, -0.2) is 25.5 Å². The molecule has 0 saturated carbocycles. The van der Waals surface area contributed by atoms with Gasteiger partial charge in [0.25, 0.3) is 0 Å². The second-order valence-corrected chi connectivity index (χ2v) is 4.88. The van der Waals surface area contributed by atoms with Crippen LogP contribution >= 0.6 is 0 Å². The number of benzene rings is 1. The summed E-state index contributed by atoms with van der Waals surface area (Å²) in [6.07, 6.45) is -4.01. The number of nitrogens with one attached hydrogen (secondary N) is 1. The second-order valence-electron chi connectivity index (χ2n) is 4.88. The maximum absolute atomic E-state index is 12.0. The van der Waals surface area contributed by atoms with E-state index in [2.05, 4.69) is 10.2 Å². The molecule has 0 aliphatic carbocycles. The highest BCUT2D eigenvalue weighted by molar-refractivity contribution is 5.36. The minimum absolute atomic E-state index is 0.00828. The molecule has 1 rings (SSSR count). The molecule has 0 radical (unpaired) electrons. The first-order chi connectivity index (χ1) is 9.83. The van der Waals surface area contributed by atoms with Crippen LogP contribution in [0.5, 0.6) is 5.75 Å². The lowest BCUT2D eigenvalue weighted by Crippen LogP contribution is -2.30. The van der Waals surface area contributed by atoms with E-state index in [1.807, 2.05) is 32.0 Å². The summed E-state index contributed by atoms with van der Waals surface area (Å²) in [5, 5.41) is 0. The Labute approximate surface area is 122 Å². The molecule has 0 amide bonds. The Morgan fingerprint density at radius 2 is 1.90 bits per heavy atom. The van der Waals surface area contributed by atoms with Crippen molar-refractivity contribution in [2.45, 2.75) is 38.6 Å². The molecule has 0 aliphatic rings. The Kier molecular flexibility index (Phi) is 6.94. The third kappa shape index (κ3) is 6.79. The van der Waals surface area contributed by atoms with Crippen molar-refractivity contribution in [2.24, 2.45) is 5.84 Å². The predicted octanol–water partition coefficient (Wildman–Crippen LogP) is 2.95. The van der Waals surface area contributed by atoms with Crippen LogP contribution in [0.3, 0.4) is 0 Å². The van der Waals surface area contributed by atoms with E-state index < -0.39 is 12.8 Å². The van der Waals surface area contributed by atoms with E-state index in [1.54, 1.807) is 6.07 Å². The van der Waals surface area contributed by atoms with Crippen molar-refractivity contribution in [3.8, 4) is 5.75 Å². The summed E-state index contributed by atoms with van der Waals surface area (Å²) in [5.41, 5.74) is 3.38. The summed E-state index contributed by atoms with van der Waals surface area (Å²) in [7, 11) is 0. The van der Waals surface area contributed by atoms with Crippen molar-refractivity contribution in [3.05, 3.63) is 29.8 Å². The van der Waals surface area contributed by atoms with Gasteiger partial charge in [0.2, 0.25) is 0 Å². The van der Waals surface area contributed by atoms with Crippen LogP contribution in [0, 0.1) is 0 Å². The first-order valence-corrected chi connectivity index (χ1v) is 6.69. The number of halogens is 3. The van der Waals surface area contributed by atoms with Crippen molar-refractivity contribution in [1.29, 1.82) is 0 Å².